The number of amides is 2. The summed E-state index contributed by atoms with van der Waals surface area (Å²) in [5.41, 5.74) is 1.00. The molecule has 0 bridgehead atoms. The summed E-state index contributed by atoms with van der Waals surface area (Å²) in [7, 11) is 0. The van der Waals surface area contributed by atoms with Gasteiger partial charge in [0.15, 0.2) is 12.4 Å². The molecule has 1 saturated heterocycles. The van der Waals surface area contributed by atoms with Gasteiger partial charge in [0.05, 0.1) is 6.26 Å². The van der Waals surface area contributed by atoms with Gasteiger partial charge in [0.2, 0.25) is 0 Å². The summed E-state index contributed by atoms with van der Waals surface area (Å²) in [5, 5.41) is 2.98. The van der Waals surface area contributed by atoms with Crippen LogP contribution in [0.2, 0.25) is 0 Å². The molecule has 1 aliphatic rings. The largest absolute Gasteiger partial charge is 0.484 e. The van der Waals surface area contributed by atoms with E-state index in [2.05, 4.69) is 5.32 Å². The molecule has 0 saturated carbocycles. The van der Waals surface area contributed by atoms with Crippen molar-refractivity contribution in [3.05, 3.63) is 54.0 Å². The highest BCUT2D eigenvalue weighted by Gasteiger charge is 2.25. The predicted molar refractivity (Wildman–Crippen MR) is 92.5 cm³/mol. The van der Waals surface area contributed by atoms with E-state index in [1.165, 1.54) is 6.26 Å². The van der Waals surface area contributed by atoms with E-state index in [4.69, 9.17) is 9.15 Å². The molecule has 2 aromatic rings. The third kappa shape index (κ3) is 4.41. The zero-order valence-corrected chi connectivity index (χ0v) is 14.2. The number of ether oxygens (including phenoxy) is 1. The first-order chi connectivity index (χ1) is 12.1. The second kappa shape index (κ2) is 7.88. The first kappa shape index (κ1) is 17.1. The van der Waals surface area contributed by atoms with Crippen LogP contribution in [0, 0.1) is 6.92 Å². The zero-order chi connectivity index (χ0) is 17.6. The summed E-state index contributed by atoms with van der Waals surface area (Å²) in [6.07, 6.45) is 2.94. The summed E-state index contributed by atoms with van der Waals surface area (Å²) < 4.78 is 10.7. The predicted octanol–water partition coefficient (Wildman–Crippen LogP) is 2.39. The van der Waals surface area contributed by atoms with Gasteiger partial charge in [0.25, 0.3) is 11.8 Å². The maximum Gasteiger partial charge on any atom is 0.289 e. The van der Waals surface area contributed by atoms with Crippen LogP contribution in [0.1, 0.15) is 29.0 Å². The first-order valence-electron chi connectivity index (χ1n) is 8.44. The molecule has 6 nitrogen and oxygen atoms in total. The molecule has 1 aliphatic heterocycles. The molecule has 0 atom stereocenters. The van der Waals surface area contributed by atoms with Crippen molar-refractivity contribution in [2.24, 2.45) is 0 Å². The van der Waals surface area contributed by atoms with Crippen LogP contribution in [0.4, 0.5) is 0 Å². The van der Waals surface area contributed by atoms with Crippen LogP contribution in [0.15, 0.2) is 47.1 Å². The van der Waals surface area contributed by atoms with Gasteiger partial charge in [0, 0.05) is 19.1 Å². The maximum atomic E-state index is 12.2. The van der Waals surface area contributed by atoms with Gasteiger partial charge in [-0.05, 0) is 43.5 Å². The Bertz CT molecular complexity index is 719. The Morgan fingerprint density at radius 1 is 1.20 bits per heavy atom. The van der Waals surface area contributed by atoms with Crippen molar-refractivity contribution in [2.45, 2.75) is 25.8 Å². The zero-order valence-electron chi connectivity index (χ0n) is 14.2. The molecule has 1 fully saturated rings. The van der Waals surface area contributed by atoms with E-state index in [0.29, 0.717) is 18.8 Å². The summed E-state index contributed by atoms with van der Waals surface area (Å²) in [6, 6.07) is 11.0. The Morgan fingerprint density at radius 2 is 1.96 bits per heavy atom. The molecule has 6 heteroatoms. The summed E-state index contributed by atoms with van der Waals surface area (Å²) in [6.45, 7) is 3.14. The molecule has 132 valence electrons. The standard InChI is InChI=1S/C19H22N2O4/c1-14-5-2-3-6-16(14)25-13-18(22)20-15-8-10-21(11-9-15)19(23)17-7-4-12-24-17/h2-7,12,15H,8-11,13H2,1H3,(H,20,22). The number of furan rings is 1. The second-order valence-corrected chi connectivity index (χ2v) is 6.17. The number of rotatable bonds is 5. The number of nitrogens with one attached hydrogen (secondary N) is 1. The van der Waals surface area contributed by atoms with E-state index in [-0.39, 0.29) is 24.5 Å². The van der Waals surface area contributed by atoms with Crippen LogP contribution in [0.3, 0.4) is 0 Å². The number of likely N-dealkylation sites (tertiary alicyclic amines) is 1. The van der Waals surface area contributed by atoms with Crippen LogP contribution in [-0.2, 0) is 4.79 Å². The minimum Gasteiger partial charge on any atom is -0.484 e. The maximum absolute atomic E-state index is 12.2. The molecule has 1 aromatic heterocycles. The molecule has 2 heterocycles. The van der Waals surface area contributed by atoms with Gasteiger partial charge < -0.3 is 19.4 Å². The van der Waals surface area contributed by atoms with Crippen molar-refractivity contribution >= 4 is 11.8 Å². The molecule has 25 heavy (non-hydrogen) atoms. The van der Waals surface area contributed by atoms with E-state index in [1.807, 2.05) is 31.2 Å². The Balaban J connectivity index is 1.42. The molecule has 2 amide bonds. The number of piperidine rings is 1. The van der Waals surface area contributed by atoms with E-state index >= 15 is 0 Å². The fourth-order valence-corrected chi connectivity index (χ4v) is 2.91. The van der Waals surface area contributed by atoms with Gasteiger partial charge in [-0.25, -0.2) is 0 Å². The highest BCUT2D eigenvalue weighted by atomic mass is 16.5. The van der Waals surface area contributed by atoms with Crippen LogP contribution in [0.25, 0.3) is 0 Å². The second-order valence-electron chi connectivity index (χ2n) is 6.17. The summed E-state index contributed by atoms with van der Waals surface area (Å²) >= 11 is 0. The van der Waals surface area contributed by atoms with Crippen LogP contribution < -0.4 is 10.1 Å². The topological polar surface area (TPSA) is 71.8 Å². The number of hydrogen-bond donors (Lipinski definition) is 1. The van der Waals surface area contributed by atoms with Gasteiger partial charge in [-0.3, -0.25) is 9.59 Å². The third-order valence-electron chi connectivity index (χ3n) is 4.33. The third-order valence-corrected chi connectivity index (χ3v) is 4.33. The van der Waals surface area contributed by atoms with Gasteiger partial charge in [-0.1, -0.05) is 18.2 Å². The smallest absolute Gasteiger partial charge is 0.289 e. The molecule has 0 spiro atoms. The fraction of sp³-hybridized carbons (Fsp3) is 0.368. The van der Waals surface area contributed by atoms with Crippen molar-refractivity contribution in [1.82, 2.24) is 10.2 Å². The lowest BCUT2D eigenvalue weighted by atomic mass is 10.0. The number of carbonyl (C=O) groups is 2. The quantitative estimate of drug-likeness (QED) is 0.906. The van der Waals surface area contributed by atoms with E-state index < -0.39 is 0 Å². The SMILES string of the molecule is Cc1ccccc1OCC(=O)NC1CCN(C(=O)c2ccco2)CC1. The van der Waals surface area contributed by atoms with Crippen LogP contribution in [-0.4, -0.2) is 42.5 Å². The minimum absolute atomic E-state index is 0.00358. The Morgan fingerprint density at radius 3 is 2.64 bits per heavy atom. The fourth-order valence-electron chi connectivity index (χ4n) is 2.91. The minimum atomic E-state index is -0.140. The van der Waals surface area contributed by atoms with Gasteiger partial charge >= 0.3 is 0 Å². The number of nitrogens with zero attached hydrogens (tertiary/aromatic N) is 1. The number of aryl methyl sites for hydroxylation is 1. The molecular formula is C19H22N2O4. The molecular weight excluding hydrogens is 320 g/mol. The molecule has 1 aromatic carbocycles. The average molecular weight is 342 g/mol. The van der Waals surface area contributed by atoms with E-state index in [1.54, 1.807) is 17.0 Å². The van der Waals surface area contributed by atoms with Gasteiger partial charge in [-0.2, -0.15) is 0 Å². The Labute approximate surface area is 146 Å². The first-order valence-corrected chi connectivity index (χ1v) is 8.44. The van der Waals surface area contributed by atoms with Crippen molar-refractivity contribution in [3.8, 4) is 5.75 Å². The lowest BCUT2D eigenvalue weighted by Gasteiger charge is -2.31. The van der Waals surface area contributed by atoms with Crippen molar-refractivity contribution in [2.75, 3.05) is 19.7 Å². The van der Waals surface area contributed by atoms with Crippen LogP contribution in [0.5, 0.6) is 5.75 Å². The van der Waals surface area contributed by atoms with Gasteiger partial charge in [-0.15, -0.1) is 0 Å². The lowest BCUT2D eigenvalue weighted by Crippen LogP contribution is -2.47. The Hall–Kier alpha value is -2.76. The average Bonchev–Trinajstić information content (AvgIpc) is 3.16. The highest BCUT2D eigenvalue weighted by Crippen LogP contribution is 2.17. The molecule has 1 N–H and O–H groups in total. The molecule has 0 unspecified atom stereocenters. The summed E-state index contributed by atoms with van der Waals surface area (Å²) in [4.78, 5) is 26.0. The number of para-hydroxylation sites is 1. The van der Waals surface area contributed by atoms with E-state index in [9.17, 15) is 9.59 Å². The van der Waals surface area contributed by atoms with Gasteiger partial charge in [0.1, 0.15) is 5.75 Å². The lowest BCUT2D eigenvalue weighted by molar-refractivity contribution is -0.124. The normalized spacial score (nSPS) is 15.0. The molecule has 3 rings (SSSR count). The summed E-state index contributed by atoms with van der Waals surface area (Å²) in [5.74, 6) is 0.836. The number of benzene rings is 1. The number of carbonyl (C=O) groups excluding carboxylic acids is 2. The van der Waals surface area contributed by atoms with Crippen molar-refractivity contribution < 1.29 is 18.7 Å². The molecule has 0 radical (unpaired) electrons. The van der Waals surface area contributed by atoms with Crippen molar-refractivity contribution in [1.29, 1.82) is 0 Å². The number of hydrogen-bond acceptors (Lipinski definition) is 4. The Kier molecular flexibility index (Phi) is 5.38. The monoisotopic (exact) mass is 342 g/mol. The molecule has 0 aliphatic carbocycles. The highest BCUT2D eigenvalue weighted by molar-refractivity contribution is 5.91. The van der Waals surface area contributed by atoms with E-state index in [0.717, 1.165) is 24.2 Å². The van der Waals surface area contributed by atoms with Crippen molar-refractivity contribution in [3.63, 3.8) is 0 Å². The van der Waals surface area contributed by atoms with Crippen LogP contribution >= 0.6 is 0 Å².